The van der Waals surface area contributed by atoms with Gasteiger partial charge in [0.1, 0.15) is 6.33 Å². The molecule has 0 saturated heterocycles. The Kier molecular flexibility index (Phi) is 6.06. The number of aromatic amines is 1. The van der Waals surface area contributed by atoms with Gasteiger partial charge in [-0.25, -0.2) is 15.0 Å². The van der Waals surface area contributed by atoms with Crippen molar-refractivity contribution < 1.29 is 14.6 Å². The molecular formula is C22H30N6O3. The minimum Gasteiger partial charge on any atom is -0.388 e. The van der Waals surface area contributed by atoms with Crippen molar-refractivity contribution in [2.24, 2.45) is 5.92 Å². The van der Waals surface area contributed by atoms with Crippen LogP contribution >= 0.6 is 0 Å². The second-order valence-electron chi connectivity index (χ2n) is 8.85. The van der Waals surface area contributed by atoms with E-state index in [0.717, 1.165) is 25.7 Å². The van der Waals surface area contributed by atoms with Gasteiger partial charge in [-0.1, -0.05) is 13.8 Å². The average Bonchev–Trinajstić information content (AvgIpc) is 3.44. The van der Waals surface area contributed by atoms with Crippen molar-refractivity contribution in [3.8, 4) is 5.95 Å². The fourth-order valence-electron chi connectivity index (χ4n) is 3.67. The van der Waals surface area contributed by atoms with Crippen LogP contribution in [0.2, 0.25) is 0 Å². The summed E-state index contributed by atoms with van der Waals surface area (Å²) >= 11 is 0. The van der Waals surface area contributed by atoms with E-state index >= 15 is 0 Å². The predicted molar refractivity (Wildman–Crippen MR) is 116 cm³/mol. The van der Waals surface area contributed by atoms with Gasteiger partial charge in [-0.15, -0.1) is 0 Å². The van der Waals surface area contributed by atoms with Gasteiger partial charge in [-0.05, 0) is 44.6 Å². The van der Waals surface area contributed by atoms with E-state index in [0.29, 0.717) is 29.3 Å². The molecule has 9 heteroatoms. The van der Waals surface area contributed by atoms with Gasteiger partial charge in [0.25, 0.3) is 5.91 Å². The molecule has 166 valence electrons. The monoisotopic (exact) mass is 426 g/mol. The molecule has 0 unspecified atom stereocenters. The number of carbonyl (C=O) groups excluding carboxylic acids is 1. The van der Waals surface area contributed by atoms with Crippen molar-refractivity contribution in [2.75, 3.05) is 6.61 Å². The number of ether oxygens (including phenoxy) is 1. The molecule has 0 spiro atoms. The van der Waals surface area contributed by atoms with Gasteiger partial charge in [0.05, 0.1) is 29.3 Å². The Bertz CT molecular complexity index is 1020. The molecule has 0 radical (unpaired) electrons. The fraction of sp³-hybridized carbons (Fsp3) is 0.545. The summed E-state index contributed by atoms with van der Waals surface area (Å²) < 4.78 is 7.63. The summed E-state index contributed by atoms with van der Waals surface area (Å²) in [7, 11) is 0. The summed E-state index contributed by atoms with van der Waals surface area (Å²) in [4.78, 5) is 29.1. The summed E-state index contributed by atoms with van der Waals surface area (Å²) in [6.07, 6.45) is 10.2. The Morgan fingerprint density at radius 1 is 1.35 bits per heavy atom. The number of rotatable bonds is 7. The molecule has 1 amide bonds. The third kappa shape index (κ3) is 4.77. The Morgan fingerprint density at radius 3 is 2.81 bits per heavy atom. The Morgan fingerprint density at radius 2 is 2.13 bits per heavy atom. The molecule has 3 N–H and O–H groups in total. The molecule has 4 rings (SSSR count). The first-order valence-corrected chi connectivity index (χ1v) is 10.8. The SMILES string of the molecule is CC(C)[C@](C)(O)CO[C@H]1CC[C@H](NC(=O)c2nc(-n3ccnc3)nc3cc[nH]c23)CC1. The number of aromatic nitrogens is 5. The lowest BCUT2D eigenvalue weighted by atomic mass is 9.91. The van der Waals surface area contributed by atoms with E-state index in [9.17, 15) is 9.90 Å². The largest absolute Gasteiger partial charge is 0.388 e. The van der Waals surface area contributed by atoms with Gasteiger partial charge in [0.15, 0.2) is 5.69 Å². The van der Waals surface area contributed by atoms with E-state index in [2.05, 4.69) is 25.3 Å². The lowest BCUT2D eigenvalue weighted by Crippen LogP contribution is -2.42. The molecule has 3 heterocycles. The maximum Gasteiger partial charge on any atom is 0.272 e. The zero-order valence-electron chi connectivity index (χ0n) is 18.2. The van der Waals surface area contributed by atoms with Crippen molar-refractivity contribution in [3.63, 3.8) is 0 Å². The van der Waals surface area contributed by atoms with Gasteiger partial charge in [0, 0.05) is 24.6 Å². The first kappa shape index (κ1) is 21.5. The van der Waals surface area contributed by atoms with E-state index in [1.165, 1.54) is 0 Å². The zero-order valence-corrected chi connectivity index (χ0v) is 18.2. The minimum atomic E-state index is -0.827. The normalized spacial score (nSPS) is 21.3. The highest BCUT2D eigenvalue weighted by Crippen LogP contribution is 2.25. The molecular weight excluding hydrogens is 396 g/mol. The number of imidazole rings is 1. The van der Waals surface area contributed by atoms with Crippen LogP contribution < -0.4 is 5.32 Å². The van der Waals surface area contributed by atoms with Gasteiger partial charge < -0.3 is 20.1 Å². The smallest absolute Gasteiger partial charge is 0.272 e. The van der Waals surface area contributed by atoms with Crippen molar-refractivity contribution in [1.29, 1.82) is 0 Å². The number of H-pyrrole nitrogens is 1. The third-order valence-corrected chi connectivity index (χ3v) is 6.21. The van der Waals surface area contributed by atoms with Crippen molar-refractivity contribution >= 4 is 16.9 Å². The van der Waals surface area contributed by atoms with E-state index in [-0.39, 0.29) is 24.0 Å². The van der Waals surface area contributed by atoms with Crippen molar-refractivity contribution in [1.82, 2.24) is 29.8 Å². The molecule has 1 aliphatic rings. The quantitative estimate of drug-likeness (QED) is 0.534. The number of carbonyl (C=O) groups is 1. The fourth-order valence-corrected chi connectivity index (χ4v) is 3.67. The summed E-state index contributed by atoms with van der Waals surface area (Å²) in [5, 5.41) is 13.5. The molecule has 0 aliphatic heterocycles. The second-order valence-corrected chi connectivity index (χ2v) is 8.85. The number of fused-ring (bicyclic) bond motifs is 1. The molecule has 0 bridgehead atoms. The van der Waals surface area contributed by atoms with Gasteiger partial charge in [0.2, 0.25) is 5.95 Å². The number of nitrogens with one attached hydrogen (secondary N) is 2. The Balaban J connectivity index is 1.39. The van der Waals surface area contributed by atoms with Gasteiger partial charge >= 0.3 is 0 Å². The van der Waals surface area contributed by atoms with Crippen LogP contribution in [0.1, 0.15) is 56.9 Å². The highest BCUT2D eigenvalue weighted by molar-refractivity contribution is 6.03. The van der Waals surface area contributed by atoms with E-state index < -0.39 is 5.60 Å². The molecule has 1 saturated carbocycles. The summed E-state index contributed by atoms with van der Waals surface area (Å²) in [5.74, 6) is 0.320. The van der Waals surface area contributed by atoms with E-state index in [1.54, 1.807) is 29.5 Å². The number of nitrogens with zero attached hydrogens (tertiary/aromatic N) is 4. The third-order valence-electron chi connectivity index (χ3n) is 6.21. The van der Waals surface area contributed by atoms with Crippen LogP contribution in [0.15, 0.2) is 31.0 Å². The highest BCUT2D eigenvalue weighted by atomic mass is 16.5. The molecule has 1 atom stereocenters. The van der Waals surface area contributed by atoms with Gasteiger partial charge in [-0.3, -0.25) is 9.36 Å². The number of hydrogen-bond donors (Lipinski definition) is 3. The maximum atomic E-state index is 13.0. The van der Waals surface area contributed by atoms with Crippen molar-refractivity contribution in [2.45, 2.75) is 64.2 Å². The average molecular weight is 427 g/mol. The Hall–Kier alpha value is -2.78. The topological polar surface area (TPSA) is 118 Å². The molecule has 1 fully saturated rings. The maximum absolute atomic E-state index is 13.0. The van der Waals surface area contributed by atoms with Crippen LogP contribution in [-0.2, 0) is 4.74 Å². The summed E-state index contributed by atoms with van der Waals surface area (Å²) in [6, 6.07) is 1.89. The van der Waals surface area contributed by atoms with E-state index in [1.807, 2.05) is 26.8 Å². The molecule has 9 nitrogen and oxygen atoms in total. The molecule has 1 aliphatic carbocycles. The number of hydrogen-bond acceptors (Lipinski definition) is 6. The predicted octanol–water partition coefficient (Wildman–Crippen LogP) is 2.61. The standard InChI is InChI=1S/C22H30N6O3/c1-14(2)22(3,30)12-31-16-6-4-15(5-7-16)25-20(29)19-18-17(8-9-24-18)26-21(27-19)28-11-10-23-13-28/h8-11,13-16,24,30H,4-7,12H2,1-3H3,(H,25,29)/t15-,16-,22-/m1/s1. The first-order valence-electron chi connectivity index (χ1n) is 10.8. The molecule has 3 aromatic rings. The number of aliphatic hydroxyl groups is 1. The van der Waals surface area contributed by atoms with Crippen molar-refractivity contribution in [3.05, 3.63) is 36.7 Å². The van der Waals surface area contributed by atoms with Crippen LogP contribution in [-0.4, -0.2) is 59.9 Å². The van der Waals surface area contributed by atoms with Crippen LogP contribution in [0.25, 0.3) is 17.0 Å². The van der Waals surface area contributed by atoms with Gasteiger partial charge in [-0.2, -0.15) is 0 Å². The highest BCUT2D eigenvalue weighted by Gasteiger charge is 2.29. The molecule has 31 heavy (non-hydrogen) atoms. The number of amides is 1. The lowest BCUT2D eigenvalue weighted by molar-refractivity contribution is -0.0941. The summed E-state index contributed by atoms with van der Waals surface area (Å²) in [5.41, 5.74) is 0.796. The first-order chi connectivity index (χ1) is 14.8. The molecule has 0 aromatic carbocycles. The Labute approximate surface area is 181 Å². The zero-order chi connectivity index (χ0) is 22.0. The van der Waals surface area contributed by atoms with Crippen LogP contribution in [0, 0.1) is 5.92 Å². The molecule has 3 aromatic heterocycles. The van der Waals surface area contributed by atoms with Crippen LogP contribution in [0.4, 0.5) is 0 Å². The van der Waals surface area contributed by atoms with Crippen LogP contribution in [0.3, 0.4) is 0 Å². The van der Waals surface area contributed by atoms with Crippen LogP contribution in [0.5, 0.6) is 0 Å². The minimum absolute atomic E-state index is 0.0645. The summed E-state index contributed by atoms with van der Waals surface area (Å²) in [6.45, 7) is 6.12. The lowest BCUT2D eigenvalue weighted by Gasteiger charge is -2.33. The van der Waals surface area contributed by atoms with E-state index in [4.69, 9.17) is 4.74 Å². The second kappa shape index (κ2) is 8.76.